The first kappa shape index (κ1) is 12.1. The summed E-state index contributed by atoms with van der Waals surface area (Å²) in [7, 11) is 0. The van der Waals surface area contributed by atoms with Crippen molar-refractivity contribution >= 4 is 27.5 Å². The van der Waals surface area contributed by atoms with Crippen molar-refractivity contribution in [2.75, 3.05) is 18.4 Å². The molecule has 1 unspecified atom stereocenters. The first-order chi connectivity index (χ1) is 8.20. The maximum atomic E-state index is 11.9. The van der Waals surface area contributed by atoms with E-state index in [0.29, 0.717) is 17.8 Å². The lowest BCUT2D eigenvalue weighted by Gasteiger charge is -2.11. The molecule has 1 aromatic carbocycles. The third kappa shape index (κ3) is 2.84. The zero-order valence-electron chi connectivity index (χ0n) is 9.16. The molecule has 0 radical (unpaired) electrons. The van der Waals surface area contributed by atoms with E-state index in [0.717, 1.165) is 17.4 Å². The summed E-state index contributed by atoms with van der Waals surface area (Å²) < 4.78 is 0.844. The topological polar surface area (TPSA) is 64.9 Å². The molecule has 17 heavy (non-hydrogen) atoms. The van der Waals surface area contributed by atoms with E-state index >= 15 is 0 Å². The van der Waals surface area contributed by atoms with Crippen LogP contribution in [-0.4, -0.2) is 19.0 Å². The molecule has 4 nitrogen and oxygen atoms in total. The largest absolute Gasteiger partial charge is 0.325 e. The highest BCUT2D eigenvalue weighted by Gasteiger charge is 2.22. The Labute approximate surface area is 108 Å². The number of hydrogen-bond donors (Lipinski definition) is 2. The van der Waals surface area contributed by atoms with Gasteiger partial charge >= 0.3 is 0 Å². The number of amides is 1. The fourth-order valence-corrected chi connectivity index (χ4v) is 2.19. The van der Waals surface area contributed by atoms with Crippen molar-refractivity contribution in [3.8, 4) is 6.07 Å². The van der Waals surface area contributed by atoms with Gasteiger partial charge in [0.2, 0.25) is 5.91 Å². The number of benzene rings is 1. The van der Waals surface area contributed by atoms with Crippen LogP contribution in [0.3, 0.4) is 0 Å². The van der Waals surface area contributed by atoms with E-state index in [4.69, 9.17) is 5.26 Å². The minimum Gasteiger partial charge on any atom is -0.325 e. The summed E-state index contributed by atoms with van der Waals surface area (Å²) >= 11 is 3.33. The standard InChI is InChI=1S/C12H12BrN3O/c13-10-2-1-8(6-14)11(5-10)16-12(17)9-3-4-15-7-9/h1-2,5,9,15H,3-4,7H2,(H,16,17). The first-order valence-electron chi connectivity index (χ1n) is 5.42. The summed E-state index contributed by atoms with van der Waals surface area (Å²) in [6, 6.07) is 7.29. The second kappa shape index (κ2) is 5.30. The lowest BCUT2D eigenvalue weighted by atomic mass is 10.1. The van der Waals surface area contributed by atoms with Gasteiger partial charge in [-0.25, -0.2) is 0 Å². The molecule has 1 saturated heterocycles. The van der Waals surface area contributed by atoms with E-state index < -0.39 is 0 Å². The number of nitrogens with zero attached hydrogens (tertiary/aromatic N) is 1. The predicted octanol–water partition coefficient (Wildman–Crippen LogP) is 1.87. The van der Waals surface area contributed by atoms with Gasteiger partial charge in [0.05, 0.1) is 17.2 Å². The maximum absolute atomic E-state index is 11.9. The second-order valence-electron chi connectivity index (χ2n) is 3.98. The molecule has 1 aliphatic rings. The Morgan fingerprint density at radius 2 is 2.41 bits per heavy atom. The lowest BCUT2D eigenvalue weighted by molar-refractivity contribution is -0.119. The smallest absolute Gasteiger partial charge is 0.228 e. The van der Waals surface area contributed by atoms with Crippen LogP contribution < -0.4 is 10.6 Å². The molecule has 2 N–H and O–H groups in total. The van der Waals surface area contributed by atoms with E-state index in [-0.39, 0.29) is 11.8 Å². The Morgan fingerprint density at radius 3 is 3.06 bits per heavy atom. The van der Waals surface area contributed by atoms with Gasteiger partial charge in [-0.1, -0.05) is 15.9 Å². The number of halogens is 1. The van der Waals surface area contributed by atoms with Crippen molar-refractivity contribution in [3.05, 3.63) is 28.2 Å². The molecule has 0 aliphatic carbocycles. The van der Waals surface area contributed by atoms with Gasteiger partial charge in [0.25, 0.3) is 0 Å². The zero-order chi connectivity index (χ0) is 12.3. The fourth-order valence-electron chi connectivity index (χ4n) is 1.83. The number of carbonyl (C=O) groups is 1. The second-order valence-corrected chi connectivity index (χ2v) is 4.90. The molecule has 88 valence electrons. The number of rotatable bonds is 2. The highest BCUT2D eigenvalue weighted by molar-refractivity contribution is 9.10. The third-order valence-corrected chi connectivity index (χ3v) is 3.28. The molecule has 0 bridgehead atoms. The Bertz CT molecular complexity index is 475. The quantitative estimate of drug-likeness (QED) is 0.875. The van der Waals surface area contributed by atoms with Gasteiger partial charge < -0.3 is 10.6 Å². The zero-order valence-corrected chi connectivity index (χ0v) is 10.8. The van der Waals surface area contributed by atoms with Gasteiger partial charge in [-0.15, -0.1) is 0 Å². The van der Waals surface area contributed by atoms with Crippen LogP contribution in [0.1, 0.15) is 12.0 Å². The number of nitriles is 1. The van der Waals surface area contributed by atoms with Gasteiger partial charge in [-0.3, -0.25) is 4.79 Å². The van der Waals surface area contributed by atoms with Crippen molar-refractivity contribution in [1.29, 1.82) is 5.26 Å². The Kier molecular flexibility index (Phi) is 3.77. The maximum Gasteiger partial charge on any atom is 0.228 e. The summed E-state index contributed by atoms with van der Waals surface area (Å²) in [6.07, 6.45) is 0.849. The molecule has 1 atom stereocenters. The predicted molar refractivity (Wildman–Crippen MR) is 68.5 cm³/mol. The van der Waals surface area contributed by atoms with Crippen LogP contribution in [0.4, 0.5) is 5.69 Å². The minimum atomic E-state index is -0.0235. The van der Waals surface area contributed by atoms with Gasteiger partial charge in [0.1, 0.15) is 6.07 Å². The number of anilines is 1. The highest BCUT2D eigenvalue weighted by Crippen LogP contribution is 2.22. The summed E-state index contributed by atoms with van der Waals surface area (Å²) in [6.45, 7) is 1.59. The van der Waals surface area contributed by atoms with E-state index in [9.17, 15) is 4.79 Å². The minimum absolute atomic E-state index is 0.000486. The van der Waals surface area contributed by atoms with Crippen LogP contribution in [0.2, 0.25) is 0 Å². The summed E-state index contributed by atoms with van der Waals surface area (Å²) in [5.41, 5.74) is 1.05. The monoisotopic (exact) mass is 293 g/mol. The highest BCUT2D eigenvalue weighted by atomic mass is 79.9. The van der Waals surface area contributed by atoms with Crippen LogP contribution in [-0.2, 0) is 4.79 Å². The molecule has 1 amide bonds. The molecule has 0 spiro atoms. The van der Waals surface area contributed by atoms with Crippen molar-refractivity contribution in [2.24, 2.45) is 5.92 Å². The molecule has 0 aromatic heterocycles. The van der Waals surface area contributed by atoms with E-state index in [2.05, 4.69) is 32.6 Å². The molecule has 1 fully saturated rings. The SMILES string of the molecule is N#Cc1ccc(Br)cc1NC(=O)C1CCNC1. The summed E-state index contributed by atoms with van der Waals surface area (Å²) in [5, 5.41) is 14.9. The van der Waals surface area contributed by atoms with Crippen LogP contribution in [0.25, 0.3) is 0 Å². The Hall–Kier alpha value is -1.38. The normalized spacial score (nSPS) is 18.7. The van der Waals surface area contributed by atoms with Crippen LogP contribution in [0, 0.1) is 17.2 Å². The van der Waals surface area contributed by atoms with Gasteiger partial charge in [0.15, 0.2) is 0 Å². The number of carbonyl (C=O) groups excluding carboxylic acids is 1. The molecule has 1 aliphatic heterocycles. The van der Waals surface area contributed by atoms with Crippen LogP contribution in [0.15, 0.2) is 22.7 Å². The van der Waals surface area contributed by atoms with Crippen molar-refractivity contribution in [2.45, 2.75) is 6.42 Å². The first-order valence-corrected chi connectivity index (χ1v) is 6.21. The van der Waals surface area contributed by atoms with Crippen molar-refractivity contribution in [3.63, 3.8) is 0 Å². The van der Waals surface area contributed by atoms with E-state index in [1.165, 1.54) is 0 Å². The number of hydrogen-bond acceptors (Lipinski definition) is 3. The van der Waals surface area contributed by atoms with Crippen molar-refractivity contribution in [1.82, 2.24) is 5.32 Å². The molecular formula is C12H12BrN3O. The van der Waals surface area contributed by atoms with Gasteiger partial charge in [-0.05, 0) is 31.2 Å². The molecule has 1 heterocycles. The molecular weight excluding hydrogens is 282 g/mol. The van der Waals surface area contributed by atoms with Crippen LogP contribution >= 0.6 is 15.9 Å². The van der Waals surface area contributed by atoms with Gasteiger partial charge in [-0.2, -0.15) is 5.26 Å². The molecule has 1 aromatic rings. The fraction of sp³-hybridized carbons (Fsp3) is 0.333. The van der Waals surface area contributed by atoms with Crippen molar-refractivity contribution < 1.29 is 4.79 Å². The van der Waals surface area contributed by atoms with Crippen LogP contribution in [0.5, 0.6) is 0 Å². The van der Waals surface area contributed by atoms with E-state index in [1.54, 1.807) is 18.2 Å². The third-order valence-electron chi connectivity index (χ3n) is 2.79. The van der Waals surface area contributed by atoms with Gasteiger partial charge in [0, 0.05) is 11.0 Å². The summed E-state index contributed by atoms with van der Waals surface area (Å²) in [5.74, 6) is -0.0230. The Morgan fingerprint density at radius 1 is 1.59 bits per heavy atom. The number of nitrogens with one attached hydrogen (secondary N) is 2. The Balaban J connectivity index is 2.15. The summed E-state index contributed by atoms with van der Waals surface area (Å²) in [4.78, 5) is 11.9. The molecule has 2 rings (SSSR count). The molecule has 5 heteroatoms. The average Bonchev–Trinajstić information content (AvgIpc) is 2.83. The average molecular weight is 294 g/mol. The molecule has 0 saturated carbocycles. The lowest BCUT2D eigenvalue weighted by Crippen LogP contribution is -2.25. The van der Waals surface area contributed by atoms with E-state index in [1.807, 2.05) is 0 Å².